The van der Waals surface area contributed by atoms with Crippen molar-refractivity contribution in [2.45, 2.75) is 26.3 Å². The first kappa shape index (κ1) is 20.1. The minimum absolute atomic E-state index is 0.0558. The lowest BCUT2D eigenvalue weighted by atomic mass is 10.0. The third kappa shape index (κ3) is 4.90. The van der Waals surface area contributed by atoms with Gasteiger partial charge in [-0.15, -0.1) is 0 Å². The molecule has 0 saturated carbocycles. The number of halogens is 1. The van der Waals surface area contributed by atoms with Crippen LogP contribution in [0.1, 0.15) is 26.1 Å². The van der Waals surface area contributed by atoms with Gasteiger partial charge in [-0.25, -0.2) is 19.2 Å². The summed E-state index contributed by atoms with van der Waals surface area (Å²) in [5.41, 5.74) is 0.938. The summed E-state index contributed by atoms with van der Waals surface area (Å²) in [5, 5.41) is 14.4. The van der Waals surface area contributed by atoms with Gasteiger partial charge in [0.1, 0.15) is 0 Å². The minimum atomic E-state index is -0.992. The Labute approximate surface area is 156 Å². The highest BCUT2D eigenvalue weighted by molar-refractivity contribution is 5.83. The molecule has 1 aromatic heterocycles. The van der Waals surface area contributed by atoms with Crippen LogP contribution in [0.4, 0.5) is 15.0 Å². The van der Waals surface area contributed by atoms with Crippen LogP contribution >= 0.6 is 0 Å². The van der Waals surface area contributed by atoms with E-state index in [-0.39, 0.29) is 30.0 Å². The number of urea groups is 1. The first-order valence-electron chi connectivity index (χ1n) is 8.34. The number of carboxylic acid groups (broad SMARTS) is 1. The van der Waals surface area contributed by atoms with Crippen molar-refractivity contribution >= 4 is 23.4 Å². The number of nitrogens with one attached hydrogen (secondary N) is 2. The first-order chi connectivity index (χ1) is 12.7. The molecule has 0 bridgehead atoms. The van der Waals surface area contributed by atoms with Crippen molar-refractivity contribution in [1.29, 1.82) is 0 Å². The second kappa shape index (κ2) is 8.43. The minimum Gasteiger partial charge on any atom is -0.481 e. The van der Waals surface area contributed by atoms with Crippen molar-refractivity contribution < 1.29 is 19.1 Å². The lowest BCUT2D eigenvalue weighted by molar-refractivity contribution is -0.137. The molecule has 2 rings (SSSR count). The molecular formula is C18H22FN5O3. The maximum atomic E-state index is 14.2. The van der Waals surface area contributed by atoms with Crippen molar-refractivity contribution in [3.05, 3.63) is 48.5 Å². The molecule has 0 fully saturated rings. The molecule has 144 valence electrons. The van der Waals surface area contributed by atoms with Gasteiger partial charge in [0.05, 0.1) is 12.6 Å². The van der Waals surface area contributed by atoms with Crippen LogP contribution in [0.3, 0.4) is 0 Å². The maximum Gasteiger partial charge on any atom is 0.325 e. The van der Waals surface area contributed by atoms with Crippen LogP contribution in [-0.2, 0) is 4.79 Å². The highest BCUT2D eigenvalue weighted by Crippen LogP contribution is 2.24. The van der Waals surface area contributed by atoms with Crippen molar-refractivity contribution in [2.24, 2.45) is 5.92 Å². The molecule has 8 nitrogen and oxygen atoms in total. The average Bonchev–Trinajstić information content (AvgIpc) is 2.62. The fourth-order valence-corrected chi connectivity index (χ4v) is 2.40. The van der Waals surface area contributed by atoms with Crippen molar-refractivity contribution in [3.8, 4) is 0 Å². The number of aliphatic carboxylic acids is 1. The Hall–Kier alpha value is -3.23. The smallest absolute Gasteiger partial charge is 0.325 e. The summed E-state index contributed by atoms with van der Waals surface area (Å²) in [4.78, 5) is 32.4. The van der Waals surface area contributed by atoms with Crippen molar-refractivity contribution in [1.82, 2.24) is 20.2 Å². The van der Waals surface area contributed by atoms with E-state index in [1.807, 2.05) is 13.8 Å². The van der Waals surface area contributed by atoms with Gasteiger partial charge in [0.15, 0.2) is 17.5 Å². The highest BCUT2D eigenvalue weighted by atomic mass is 19.1. The number of carbonyl (C=O) groups is 2. The molecule has 9 heteroatoms. The Morgan fingerprint density at radius 1 is 1.37 bits per heavy atom. The van der Waals surface area contributed by atoms with E-state index in [2.05, 4.69) is 27.2 Å². The van der Waals surface area contributed by atoms with Crippen molar-refractivity contribution in [2.75, 3.05) is 12.4 Å². The third-order valence-corrected chi connectivity index (χ3v) is 3.99. The normalized spacial score (nSPS) is 14.8. The summed E-state index contributed by atoms with van der Waals surface area (Å²) in [6.07, 6.45) is 5.60. The van der Waals surface area contributed by atoms with E-state index in [1.54, 1.807) is 12.2 Å². The summed E-state index contributed by atoms with van der Waals surface area (Å²) >= 11 is 0. The van der Waals surface area contributed by atoms with E-state index in [0.29, 0.717) is 11.3 Å². The molecular weight excluding hydrogens is 353 g/mol. The number of anilines is 1. The number of amides is 2. The molecule has 0 radical (unpaired) electrons. The summed E-state index contributed by atoms with van der Waals surface area (Å²) in [6.45, 7) is 7.44. The number of allylic oxidation sites excluding steroid dienone is 3. The summed E-state index contributed by atoms with van der Waals surface area (Å²) in [5.74, 6) is -1.64. The van der Waals surface area contributed by atoms with Crippen LogP contribution in [-0.4, -0.2) is 45.1 Å². The lowest BCUT2D eigenvalue weighted by Crippen LogP contribution is -2.34. The molecule has 1 atom stereocenters. The van der Waals surface area contributed by atoms with Gasteiger partial charge in [-0.05, 0) is 18.1 Å². The van der Waals surface area contributed by atoms with E-state index in [9.17, 15) is 14.0 Å². The Morgan fingerprint density at radius 3 is 2.67 bits per heavy atom. The fourth-order valence-electron chi connectivity index (χ4n) is 2.40. The van der Waals surface area contributed by atoms with Gasteiger partial charge < -0.3 is 15.7 Å². The van der Waals surface area contributed by atoms with Crippen molar-refractivity contribution in [3.63, 3.8) is 0 Å². The number of carboxylic acids is 1. The number of carbonyl (C=O) groups excluding carboxylic acids is 1. The van der Waals surface area contributed by atoms with Crippen LogP contribution in [0.25, 0.3) is 5.57 Å². The SMILES string of the molecule is C=C1C=CC(c2ncc(F)c(N[C@H](CC(=O)O)C(C)C)n2)=CN1C(=O)NC. The molecule has 1 aromatic rings. The van der Waals surface area contributed by atoms with E-state index < -0.39 is 17.8 Å². The van der Waals surface area contributed by atoms with Gasteiger partial charge in [0.25, 0.3) is 0 Å². The first-order valence-corrected chi connectivity index (χ1v) is 8.34. The molecule has 27 heavy (non-hydrogen) atoms. The molecule has 0 saturated heterocycles. The maximum absolute atomic E-state index is 14.2. The van der Waals surface area contributed by atoms with Gasteiger partial charge in [0.2, 0.25) is 0 Å². The number of hydrogen-bond acceptors (Lipinski definition) is 5. The van der Waals surface area contributed by atoms with Crippen LogP contribution in [0.15, 0.2) is 36.8 Å². The predicted octanol–water partition coefficient (Wildman–Crippen LogP) is 2.59. The molecule has 1 aliphatic rings. The van der Waals surface area contributed by atoms with E-state index in [4.69, 9.17) is 5.11 Å². The Balaban J connectivity index is 2.33. The second-order valence-corrected chi connectivity index (χ2v) is 6.32. The van der Waals surface area contributed by atoms with E-state index in [0.717, 1.165) is 6.20 Å². The molecule has 0 aromatic carbocycles. The van der Waals surface area contributed by atoms with Gasteiger partial charge in [-0.3, -0.25) is 9.69 Å². The number of hydrogen-bond donors (Lipinski definition) is 3. The monoisotopic (exact) mass is 375 g/mol. The number of rotatable bonds is 6. The quantitative estimate of drug-likeness (QED) is 0.705. The van der Waals surface area contributed by atoms with Gasteiger partial charge in [0, 0.05) is 30.6 Å². The molecule has 2 heterocycles. The largest absolute Gasteiger partial charge is 0.481 e. The third-order valence-electron chi connectivity index (χ3n) is 3.99. The van der Waals surface area contributed by atoms with Crippen LogP contribution < -0.4 is 10.6 Å². The summed E-state index contributed by atoms with van der Waals surface area (Å²) in [7, 11) is 1.49. The topological polar surface area (TPSA) is 107 Å². The molecule has 0 aliphatic carbocycles. The van der Waals surface area contributed by atoms with Gasteiger partial charge in [-0.1, -0.05) is 20.4 Å². The molecule has 0 spiro atoms. The Morgan fingerprint density at radius 2 is 2.07 bits per heavy atom. The predicted molar refractivity (Wildman–Crippen MR) is 99.0 cm³/mol. The molecule has 2 amide bonds. The highest BCUT2D eigenvalue weighted by Gasteiger charge is 2.21. The average molecular weight is 375 g/mol. The second-order valence-electron chi connectivity index (χ2n) is 6.32. The van der Waals surface area contributed by atoms with E-state index >= 15 is 0 Å². The molecule has 3 N–H and O–H groups in total. The van der Waals surface area contributed by atoms with Crippen LogP contribution in [0, 0.1) is 11.7 Å². The number of nitrogens with zero attached hydrogens (tertiary/aromatic N) is 3. The van der Waals surface area contributed by atoms with Crippen LogP contribution in [0.2, 0.25) is 0 Å². The Bertz CT molecular complexity index is 819. The molecule has 0 unspecified atom stereocenters. The summed E-state index contributed by atoms with van der Waals surface area (Å²) < 4.78 is 14.2. The molecule has 1 aliphatic heterocycles. The Kier molecular flexibility index (Phi) is 6.27. The zero-order valence-electron chi connectivity index (χ0n) is 15.4. The van der Waals surface area contributed by atoms with Gasteiger partial charge in [-0.2, -0.15) is 0 Å². The zero-order chi connectivity index (χ0) is 20.1. The van der Waals surface area contributed by atoms with Crippen LogP contribution in [0.5, 0.6) is 0 Å². The lowest BCUT2D eigenvalue weighted by Gasteiger charge is -2.23. The van der Waals surface area contributed by atoms with E-state index in [1.165, 1.54) is 18.1 Å². The zero-order valence-corrected chi connectivity index (χ0v) is 15.4. The summed E-state index contributed by atoms with van der Waals surface area (Å²) in [6, 6.07) is -0.888. The van der Waals surface area contributed by atoms with Gasteiger partial charge >= 0.3 is 12.0 Å². The fraction of sp³-hybridized carbons (Fsp3) is 0.333. The standard InChI is InChI=1S/C18H22FN5O3/c1-10(2)14(7-15(25)26)22-17-13(19)8-21-16(23-17)12-6-5-11(3)24(9-12)18(27)20-4/h5-6,8-10,14H,3,7H2,1-2,4H3,(H,20,27)(H,25,26)(H,21,22,23)/t14-/m1/s1. The number of aromatic nitrogens is 2.